The molecule has 3 aromatic carbocycles. The zero-order valence-electron chi connectivity index (χ0n) is 23.8. The van der Waals surface area contributed by atoms with Crippen molar-refractivity contribution in [3.05, 3.63) is 119 Å². The number of nitrogens with zero attached hydrogens (tertiary/aromatic N) is 1. The lowest BCUT2D eigenvalue weighted by Crippen LogP contribution is -2.30. The molecule has 2 aromatic heterocycles. The number of carbonyl (C=O) groups is 3. The summed E-state index contributed by atoms with van der Waals surface area (Å²) in [6.45, 7) is 1.81. The molecule has 0 bridgehead atoms. The number of anilines is 2. The van der Waals surface area contributed by atoms with Crippen molar-refractivity contribution in [2.24, 2.45) is 0 Å². The smallest absolute Gasteiger partial charge is 0.272 e. The third kappa shape index (κ3) is 8.22. The third-order valence-electron chi connectivity index (χ3n) is 6.22. The minimum atomic E-state index is -0.504. The fraction of sp³-hybridized carbons (Fsp3) is 0.0909. The van der Waals surface area contributed by atoms with E-state index in [-0.39, 0.29) is 11.6 Å². The zero-order chi connectivity index (χ0) is 30.9. The van der Waals surface area contributed by atoms with Crippen molar-refractivity contribution < 1.29 is 19.1 Å². The number of aromatic nitrogens is 1. The van der Waals surface area contributed by atoms with Crippen LogP contribution < -0.4 is 20.7 Å². The Kier molecular flexibility index (Phi) is 10.2. The van der Waals surface area contributed by atoms with E-state index in [0.29, 0.717) is 27.7 Å². The Balaban J connectivity index is 1.27. The summed E-state index contributed by atoms with van der Waals surface area (Å²) in [6.07, 6.45) is 1.59. The SMILES string of the molecule is COc1cccc(/C=C(\NC(=O)c2ccccc2)C(=O)Nc2cccc(SC(C)C(=O)Nc3nc(-c4cccs4)cs3)c2)c1. The highest BCUT2D eigenvalue weighted by Gasteiger charge is 2.18. The molecular weight excluding hydrogens is 613 g/mol. The number of nitrogens with one attached hydrogen (secondary N) is 3. The summed E-state index contributed by atoms with van der Waals surface area (Å²) in [5.41, 5.74) is 2.50. The van der Waals surface area contributed by atoms with Crippen molar-refractivity contribution in [1.82, 2.24) is 10.3 Å². The molecule has 3 N–H and O–H groups in total. The number of amides is 3. The molecule has 5 aromatic rings. The molecule has 3 amide bonds. The lowest BCUT2D eigenvalue weighted by molar-refractivity contribution is -0.115. The summed E-state index contributed by atoms with van der Waals surface area (Å²) in [5.74, 6) is -0.477. The Morgan fingerprint density at radius 2 is 1.73 bits per heavy atom. The number of thioether (sulfide) groups is 1. The molecule has 0 radical (unpaired) electrons. The molecule has 1 atom stereocenters. The van der Waals surface area contributed by atoms with Crippen LogP contribution in [0.4, 0.5) is 10.8 Å². The summed E-state index contributed by atoms with van der Waals surface area (Å²) < 4.78 is 5.30. The first-order chi connectivity index (χ1) is 21.4. The number of thiophene rings is 1. The Labute approximate surface area is 267 Å². The van der Waals surface area contributed by atoms with Crippen LogP contribution in [0.3, 0.4) is 0 Å². The van der Waals surface area contributed by atoms with Crippen molar-refractivity contribution in [2.45, 2.75) is 17.1 Å². The highest BCUT2D eigenvalue weighted by atomic mass is 32.2. The molecule has 2 heterocycles. The van der Waals surface area contributed by atoms with Crippen LogP contribution in [0.15, 0.2) is 112 Å². The molecule has 44 heavy (non-hydrogen) atoms. The number of benzene rings is 3. The first-order valence-corrected chi connectivity index (χ1v) is 16.1. The van der Waals surface area contributed by atoms with E-state index in [1.807, 2.05) is 48.0 Å². The standard InChI is InChI=1S/C33H28N4O4S3/c1-21(30(38)37-33-36-28(20-43-33)29-15-8-16-42-29)44-26-14-7-12-24(19-26)34-32(40)27(18-22-9-6-13-25(17-22)41-2)35-31(39)23-10-4-3-5-11-23/h3-21H,1-2H3,(H,34,40)(H,35,39)(H,36,37,38)/b27-18-. The van der Waals surface area contributed by atoms with Crippen LogP contribution in [-0.2, 0) is 9.59 Å². The average Bonchev–Trinajstić information content (AvgIpc) is 3.74. The first kappa shape index (κ1) is 30.7. The van der Waals surface area contributed by atoms with Gasteiger partial charge in [0.1, 0.15) is 11.4 Å². The number of thiazole rings is 1. The predicted octanol–water partition coefficient (Wildman–Crippen LogP) is 7.41. The summed E-state index contributed by atoms with van der Waals surface area (Å²) in [7, 11) is 1.56. The van der Waals surface area contributed by atoms with E-state index in [2.05, 4.69) is 20.9 Å². The number of hydrogen-bond acceptors (Lipinski definition) is 8. The molecule has 0 saturated carbocycles. The highest BCUT2D eigenvalue weighted by Crippen LogP contribution is 2.30. The van der Waals surface area contributed by atoms with Gasteiger partial charge in [-0.05, 0) is 72.5 Å². The van der Waals surface area contributed by atoms with Crippen molar-refractivity contribution in [3.63, 3.8) is 0 Å². The van der Waals surface area contributed by atoms with E-state index in [1.54, 1.807) is 85.2 Å². The van der Waals surface area contributed by atoms with Crippen LogP contribution in [0.5, 0.6) is 5.75 Å². The molecule has 0 aliphatic rings. The second-order valence-electron chi connectivity index (χ2n) is 9.40. The Morgan fingerprint density at radius 1 is 0.909 bits per heavy atom. The van der Waals surface area contributed by atoms with Gasteiger partial charge in [0.15, 0.2) is 5.13 Å². The van der Waals surface area contributed by atoms with Gasteiger partial charge < -0.3 is 20.7 Å². The van der Waals surface area contributed by atoms with Gasteiger partial charge in [0.05, 0.1) is 22.9 Å². The topological polar surface area (TPSA) is 109 Å². The van der Waals surface area contributed by atoms with Crippen molar-refractivity contribution >= 4 is 69.1 Å². The fourth-order valence-corrected chi connectivity index (χ4v) is 6.42. The Hall–Kier alpha value is -4.71. The zero-order valence-corrected chi connectivity index (χ0v) is 26.2. The maximum atomic E-state index is 13.5. The van der Waals surface area contributed by atoms with Crippen LogP contribution in [-0.4, -0.2) is 35.1 Å². The van der Waals surface area contributed by atoms with Crippen LogP contribution in [0.1, 0.15) is 22.8 Å². The molecule has 1 unspecified atom stereocenters. The second-order valence-corrected chi connectivity index (χ2v) is 12.6. The maximum absolute atomic E-state index is 13.5. The van der Waals surface area contributed by atoms with E-state index < -0.39 is 17.1 Å². The molecule has 0 aliphatic heterocycles. The predicted molar refractivity (Wildman–Crippen MR) is 179 cm³/mol. The van der Waals surface area contributed by atoms with Crippen molar-refractivity contribution in [3.8, 4) is 16.3 Å². The molecule has 222 valence electrons. The van der Waals surface area contributed by atoms with Crippen LogP contribution in [0, 0.1) is 0 Å². The number of methoxy groups -OCH3 is 1. The van der Waals surface area contributed by atoms with Gasteiger partial charge in [-0.25, -0.2) is 4.98 Å². The van der Waals surface area contributed by atoms with E-state index in [1.165, 1.54) is 23.1 Å². The highest BCUT2D eigenvalue weighted by molar-refractivity contribution is 8.00. The van der Waals surface area contributed by atoms with Gasteiger partial charge in [-0.15, -0.1) is 34.4 Å². The van der Waals surface area contributed by atoms with Crippen LogP contribution >= 0.6 is 34.4 Å². The van der Waals surface area contributed by atoms with Gasteiger partial charge in [0.25, 0.3) is 11.8 Å². The van der Waals surface area contributed by atoms with E-state index >= 15 is 0 Å². The molecular formula is C33H28N4O4S3. The quantitative estimate of drug-likeness (QED) is 0.103. The monoisotopic (exact) mass is 640 g/mol. The lowest BCUT2D eigenvalue weighted by Gasteiger charge is -2.14. The van der Waals surface area contributed by atoms with Crippen LogP contribution in [0.25, 0.3) is 16.6 Å². The van der Waals surface area contributed by atoms with E-state index in [0.717, 1.165) is 15.5 Å². The number of hydrogen-bond donors (Lipinski definition) is 3. The van der Waals surface area contributed by atoms with Crippen LogP contribution in [0.2, 0.25) is 0 Å². The maximum Gasteiger partial charge on any atom is 0.272 e. The fourth-order valence-electron chi connectivity index (χ4n) is 4.02. The molecule has 11 heteroatoms. The van der Waals surface area contributed by atoms with Crippen molar-refractivity contribution in [2.75, 3.05) is 17.7 Å². The minimum Gasteiger partial charge on any atom is -0.497 e. The third-order valence-corrected chi connectivity index (χ3v) is 8.96. The second kappa shape index (κ2) is 14.6. The summed E-state index contributed by atoms with van der Waals surface area (Å²) in [5, 5.41) is 12.5. The minimum absolute atomic E-state index is 0.0586. The van der Waals surface area contributed by atoms with Gasteiger partial charge in [0, 0.05) is 21.5 Å². The van der Waals surface area contributed by atoms with E-state index in [9.17, 15) is 14.4 Å². The summed E-state index contributed by atoms with van der Waals surface area (Å²) in [4.78, 5) is 45.7. The van der Waals surface area contributed by atoms with Crippen molar-refractivity contribution in [1.29, 1.82) is 0 Å². The summed E-state index contributed by atoms with van der Waals surface area (Å²) >= 11 is 4.33. The summed E-state index contributed by atoms with van der Waals surface area (Å²) in [6, 6.07) is 27.0. The lowest BCUT2D eigenvalue weighted by atomic mass is 10.1. The van der Waals surface area contributed by atoms with E-state index in [4.69, 9.17) is 4.74 Å². The van der Waals surface area contributed by atoms with Gasteiger partial charge in [-0.2, -0.15) is 0 Å². The number of rotatable bonds is 11. The average molecular weight is 641 g/mol. The largest absolute Gasteiger partial charge is 0.497 e. The molecule has 5 rings (SSSR count). The number of carbonyl (C=O) groups excluding carboxylic acids is 3. The molecule has 0 fully saturated rings. The molecule has 0 spiro atoms. The van der Waals surface area contributed by atoms with Gasteiger partial charge in [0.2, 0.25) is 5.91 Å². The Morgan fingerprint density at radius 3 is 2.50 bits per heavy atom. The van der Waals surface area contributed by atoms with Gasteiger partial charge in [-0.1, -0.05) is 42.5 Å². The first-order valence-electron chi connectivity index (χ1n) is 13.5. The van der Waals surface area contributed by atoms with Gasteiger partial charge >= 0.3 is 0 Å². The Bertz CT molecular complexity index is 1790. The molecule has 0 aliphatic carbocycles. The van der Waals surface area contributed by atoms with Gasteiger partial charge in [-0.3, -0.25) is 14.4 Å². The number of ether oxygens (including phenoxy) is 1. The molecule has 8 nitrogen and oxygen atoms in total. The normalized spacial score (nSPS) is 11.8. The molecule has 0 saturated heterocycles.